The van der Waals surface area contributed by atoms with E-state index in [9.17, 15) is 9.18 Å². The Morgan fingerprint density at radius 3 is 2.75 bits per heavy atom. The zero-order valence-electron chi connectivity index (χ0n) is 22.4. The number of ether oxygens (including phenoxy) is 2. The highest BCUT2D eigenvalue weighted by molar-refractivity contribution is 6.32. The fourth-order valence-electron chi connectivity index (χ4n) is 4.78. The minimum absolute atomic E-state index is 0.0134. The molecular weight excluding hydrogens is 533 g/mol. The Labute approximate surface area is 237 Å². The number of benzene rings is 3. The molecule has 40 heavy (non-hydrogen) atoms. The van der Waals surface area contributed by atoms with Gasteiger partial charge in [0, 0.05) is 17.8 Å². The number of halogens is 2. The van der Waals surface area contributed by atoms with E-state index in [1.54, 1.807) is 30.3 Å². The van der Waals surface area contributed by atoms with Crippen LogP contribution >= 0.6 is 11.6 Å². The van der Waals surface area contributed by atoms with Crippen molar-refractivity contribution in [2.24, 2.45) is 0 Å². The lowest BCUT2D eigenvalue weighted by atomic mass is 10.2. The second-order valence-corrected chi connectivity index (χ2v) is 10.4. The molecule has 1 saturated heterocycles. The Balaban J connectivity index is 1.31. The summed E-state index contributed by atoms with van der Waals surface area (Å²) in [5.41, 5.74) is 1.86. The van der Waals surface area contributed by atoms with Gasteiger partial charge in [0.15, 0.2) is 0 Å². The molecule has 1 N–H and O–H groups in total. The molecule has 4 aromatic rings. The number of anilines is 2. The molecule has 0 aliphatic carbocycles. The molecule has 1 aliphatic rings. The van der Waals surface area contributed by atoms with Gasteiger partial charge in [-0.3, -0.25) is 4.79 Å². The molecule has 0 saturated carbocycles. The van der Waals surface area contributed by atoms with Gasteiger partial charge in [0.05, 0.1) is 28.5 Å². The molecule has 1 aliphatic heterocycles. The number of nitrogens with zero attached hydrogens (tertiary/aromatic N) is 4. The second kappa shape index (κ2) is 12.5. The van der Waals surface area contributed by atoms with Crippen LogP contribution in [0.5, 0.6) is 11.5 Å². The number of hydrogen-bond donors (Lipinski definition) is 1. The van der Waals surface area contributed by atoms with Gasteiger partial charge in [0.1, 0.15) is 42.7 Å². The number of carbonyl (C=O) groups is 1. The summed E-state index contributed by atoms with van der Waals surface area (Å²) in [6.45, 7) is 1.57. The Kier molecular flexibility index (Phi) is 8.62. The van der Waals surface area contributed by atoms with Gasteiger partial charge in [-0.25, -0.2) is 14.4 Å². The van der Waals surface area contributed by atoms with Gasteiger partial charge in [-0.15, -0.1) is 0 Å². The van der Waals surface area contributed by atoms with E-state index in [1.165, 1.54) is 12.4 Å². The van der Waals surface area contributed by atoms with E-state index in [0.29, 0.717) is 46.7 Å². The molecule has 10 heteroatoms. The van der Waals surface area contributed by atoms with Gasteiger partial charge in [0.2, 0.25) is 5.91 Å². The van der Waals surface area contributed by atoms with Gasteiger partial charge in [0.25, 0.3) is 0 Å². The fourth-order valence-corrected chi connectivity index (χ4v) is 5.02. The summed E-state index contributed by atoms with van der Waals surface area (Å²) < 4.78 is 26.0. The highest BCUT2D eigenvalue weighted by atomic mass is 35.5. The molecule has 8 nitrogen and oxygen atoms in total. The third-order valence-corrected chi connectivity index (χ3v) is 7.04. The van der Waals surface area contributed by atoms with Crippen LogP contribution in [0, 0.1) is 5.82 Å². The first kappa shape index (κ1) is 27.6. The van der Waals surface area contributed by atoms with Crippen molar-refractivity contribution in [3.8, 4) is 11.5 Å². The Hall–Kier alpha value is -3.95. The van der Waals surface area contributed by atoms with Crippen LogP contribution in [0.1, 0.15) is 18.4 Å². The summed E-state index contributed by atoms with van der Waals surface area (Å²) in [5.74, 6) is 1.41. The number of rotatable bonds is 10. The standard InChI is InChI=1S/C30H31ClFN5O3/c1-36(2)16-28(38)37-14-6-8-22(37)18-40-27-11-5-10-25-29(27)30(34-19-33-25)35-21-12-13-26(23(31)15-21)39-17-20-7-3-4-9-24(20)32/h3-5,7,9-13,15,19,22H,6,8,14,16-18H2,1-2H3,(H,33,34,35)/t22-/m0/s1. The van der Waals surface area contributed by atoms with Crippen LogP contribution < -0.4 is 14.8 Å². The van der Waals surface area contributed by atoms with E-state index >= 15 is 0 Å². The molecule has 208 valence electrons. The Morgan fingerprint density at radius 1 is 1.10 bits per heavy atom. The number of amides is 1. The van der Waals surface area contributed by atoms with E-state index < -0.39 is 0 Å². The molecule has 1 aromatic heterocycles. The first-order valence-corrected chi connectivity index (χ1v) is 13.5. The van der Waals surface area contributed by atoms with E-state index in [4.69, 9.17) is 21.1 Å². The normalized spacial score (nSPS) is 15.0. The predicted octanol–water partition coefficient (Wildman–Crippen LogP) is 5.68. The number of carbonyl (C=O) groups excluding carboxylic acids is 1. The number of aromatic nitrogens is 2. The fraction of sp³-hybridized carbons (Fsp3) is 0.300. The number of nitrogens with one attached hydrogen (secondary N) is 1. The van der Waals surface area contributed by atoms with Crippen LogP contribution in [-0.2, 0) is 11.4 Å². The molecule has 5 rings (SSSR count). The van der Waals surface area contributed by atoms with Crippen molar-refractivity contribution in [1.29, 1.82) is 0 Å². The van der Waals surface area contributed by atoms with Gasteiger partial charge < -0.3 is 24.6 Å². The first-order valence-electron chi connectivity index (χ1n) is 13.1. The second-order valence-electron chi connectivity index (χ2n) is 9.95. The molecule has 1 atom stereocenters. The zero-order valence-corrected chi connectivity index (χ0v) is 23.2. The maximum Gasteiger partial charge on any atom is 0.237 e. The van der Waals surface area contributed by atoms with Crippen LogP contribution in [-0.4, -0.2) is 65.5 Å². The third kappa shape index (κ3) is 6.43. The van der Waals surface area contributed by atoms with Crippen LogP contribution in [0.3, 0.4) is 0 Å². The summed E-state index contributed by atoms with van der Waals surface area (Å²) in [6, 6.07) is 17.4. The van der Waals surface area contributed by atoms with Gasteiger partial charge >= 0.3 is 0 Å². The molecule has 1 fully saturated rings. The van der Waals surface area contributed by atoms with E-state index in [1.807, 2.05) is 48.2 Å². The lowest BCUT2D eigenvalue weighted by Crippen LogP contribution is -2.43. The van der Waals surface area contributed by atoms with Crippen molar-refractivity contribution < 1.29 is 18.7 Å². The number of likely N-dealkylation sites (tertiary alicyclic amines) is 1. The highest BCUT2D eigenvalue weighted by Crippen LogP contribution is 2.34. The quantitative estimate of drug-likeness (QED) is 0.266. The highest BCUT2D eigenvalue weighted by Gasteiger charge is 2.29. The number of hydrogen-bond acceptors (Lipinski definition) is 7. The topological polar surface area (TPSA) is 79.8 Å². The van der Waals surface area contributed by atoms with Crippen molar-refractivity contribution >= 4 is 39.9 Å². The minimum Gasteiger partial charge on any atom is -0.491 e. The molecule has 1 amide bonds. The van der Waals surface area contributed by atoms with Gasteiger partial charge in [-0.05, 0) is 63.3 Å². The first-order chi connectivity index (χ1) is 19.4. The summed E-state index contributed by atoms with van der Waals surface area (Å²) in [6.07, 6.45) is 3.34. The lowest BCUT2D eigenvalue weighted by Gasteiger charge is -2.26. The molecule has 3 aromatic carbocycles. The summed E-state index contributed by atoms with van der Waals surface area (Å²) in [5, 5.41) is 4.42. The Morgan fingerprint density at radius 2 is 1.95 bits per heavy atom. The maximum atomic E-state index is 13.9. The Bertz CT molecular complexity index is 1500. The molecular formula is C30H31ClFN5O3. The average molecular weight is 564 g/mol. The van der Waals surface area contributed by atoms with E-state index in [2.05, 4.69) is 15.3 Å². The molecule has 2 heterocycles. The number of fused-ring (bicyclic) bond motifs is 1. The third-order valence-electron chi connectivity index (χ3n) is 6.74. The monoisotopic (exact) mass is 563 g/mol. The minimum atomic E-state index is -0.327. The largest absolute Gasteiger partial charge is 0.491 e. The van der Waals surface area contributed by atoms with Crippen LogP contribution in [0.15, 0.2) is 67.0 Å². The van der Waals surface area contributed by atoms with Crippen LogP contribution in [0.4, 0.5) is 15.9 Å². The summed E-state index contributed by atoms with van der Waals surface area (Å²) in [4.78, 5) is 25.4. The van der Waals surface area contributed by atoms with Gasteiger partial charge in [-0.1, -0.05) is 35.9 Å². The van der Waals surface area contributed by atoms with Crippen molar-refractivity contribution in [2.45, 2.75) is 25.5 Å². The lowest BCUT2D eigenvalue weighted by molar-refractivity contribution is -0.133. The smallest absolute Gasteiger partial charge is 0.237 e. The molecule has 0 unspecified atom stereocenters. The average Bonchev–Trinajstić information content (AvgIpc) is 3.41. The van der Waals surface area contributed by atoms with E-state index in [-0.39, 0.29) is 24.4 Å². The van der Waals surface area contributed by atoms with Crippen molar-refractivity contribution in [3.05, 3.63) is 83.4 Å². The molecule has 0 spiro atoms. The summed E-state index contributed by atoms with van der Waals surface area (Å²) in [7, 11) is 3.79. The van der Waals surface area contributed by atoms with Crippen molar-refractivity contribution in [1.82, 2.24) is 19.8 Å². The van der Waals surface area contributed by atoms with Crippen LogP contribution in [0.2, 0.25) is 5.02 Å². The molecule has 0 bridgehead atoms. The van der Waals surface area contributed by atoms with Crippen molar-refractivity contribution in [3.63, 3.8) is 0 Å². The number of likely N-dealkylation sites (N-methyl/N-ethyl adjacent to an activating group) is 1. The SMILES string of the molecule is CN(C)CC(=O)N1CCC[C@H]1COc1cccc2ncnc(Nc3ccc(OCc4ccccc4F)c(Cl)c3)c12. The van der Waals surface area contributed by atoms with Crippen LogP contribution in [0.25, 0.3) is 10.9 Å². The summed E-state index contributed by atoms with van der Waals surface area (Å²) >= 11 is 6.49. The predicted molar refractivity (Wildman–Crippen MR) is 154 cm³/mol. The maximum absolute atomic E-state index is 13.9. The van der Waals surface area contributed by atoms with E-state index in [0.717, 1.165) is 30.3 Å². The van der Waals surface area contributed by atoms with Gasteiger partial charge in [-0.2, -0.15) is 0 Å². The van der Waals surface area contributed by atoms with Crippen molar-refractivity contribution in [2.75, 3.05) is 39.1 Å². The zero-order chi connectivity index (χ0) is 28.1. The molecule has 0 radical (unpaired) electrons.